The third kappa shape index (κ3) is 1.79. The lowest BCUT2D eigenvalue weighted by atomic mass is 10.1. The maximum Gasteiger partial charge on any atom is 0.123 e. The minimum absolute atomic E-state index is 0.190. The predicted octanol–water partition coefficient (Wildman–Crippen LogP) is 2.58. The van der Waals surface area contributed by atoms with Gasteiger partial charge in [-0.25, -0.2) is 4.39 Å². The number of hydrogen-bond acceptors (Lipinski definition) is 0. The minimum atomic E-state index is -0.190. The van der Waals surface area contributed by atoms with Gasteiger partial charge in [-0.3, -0.25) is 0 Å². The molecular weight excluding hydrogens is 139 g/mol. The summed E-state index contributed by atoms with van der Waals surface area (Å²) >= 11 is 0. The Bertz CT molecular complexity index is 234. The number of benzene rings is 1. The minimum Gasteiger partial charge on any atom is -0.207 e. The van der Waals surface area contributed by atoms with Gasteiger partial charge < -0.3 is 0 Å². The van der Waals surface area contributed by atoms with Crippen LogP contribution in [0, 0.1) is 17.8 Å². The van der Waals surface area contributed by atoms with Crippen LogP contribution < -0.4 is 0 Å². The van der Waals surface area contributed by atoms with E-state index in [2.05, 4.69) is 6.07 Å². The Hall–Kier alpha value is -0.850. The summed E-state index contributed by atoms with van der Waals surface area (Å²) in [6, 6.07) is 7.68. The van der Waals surface area contributed by atoms with Crippen molar-refractivity contribution in [1.29, 1.82) is 0 Å². The van der Waals surface area contributed by atoms with E-state index in [1.807, 2.05) is 6.07 Å². The quantitative estimate of drug-likeness (QED) is 0.606. The Balaban J connectivity index is 2.06. The standard InChI is InChI=1S/C10H10F/c11-10-5-3-9(4-6-10)7-8-1-2-8/h3,5-6,8H,1-2,7H2. The van der Waals surface area contributed by atoms with Gasteiger partial charge in [0.15, 0.2) is 0 Å². The molecule has 1 fully saturated rings. The van der Waals surface area contributed by atoms with E-state index in [9.17, 15) is 4.39 Å². The van der Waals surface area contributed by atoms with Gasteiger partial charge in [0, 0.05) is 0 Å². The summed E-state index contributed by atoms with van der Waals surface area (Å²) in [5.41, 5.74) is 1.15. The molecule has 0 saturated heterocycles. The van der Waals surface area contributed by atoms with Crippen LogP contribution in [0.25, 0.3) is 0 Å². The van der Waals surface area contributed by atoms with E-state index in [1.165, 1.54) is 25.0 Å². The van der Waals surface area contributed by atoms with E-state index in [0.29, 0.717) is 0 Å². The van der Waals surface area contributed by atoms with E-state index in [4.69, 9.17) is 0 Å². The zero-order chi connectivity index (χ0) is 7.68. The molecule has 2 rings (SSSR count). The van der Waals surface area contributed by atoms with E-state index >= 15 is 0 Å². The summed E-state index contributed by atoms with van der Waals surface area (Å²) in [5.74, 6) is 0.668. The van der Waals surface area contributed by atoms with Crippen LogP contribution in [0.3, 0.4) is 0 Å². The average Bonchev–Trinajstić information content (AvgIpc) is 2.78. The number of halogens is 1. The first-order valence-electron chi connectivity index (χ1n) is 4.01. The van der Waals surface area contributed by atoms with Gasteiger partial charge in [-0.1, -0.05) is 6.07 Å². The summed E-state index contributed by atoms with van der Waals surface area (Å²) < 4.78 is 12.4. The number of hydrogen-bond donors (Lipinski definition) is 0. The van der Waals surface area contributed by atoms with Gasteiger partial charge in [0.25, 0.3) is 0 Å². The van der Waals surface area contributed by atoms with Crippen LogP contribution in [0.4, 0.5) is 4.39 Å². The normalized spacial score (nSPS) is 16.8. The Labute approximate surface area is 66.1 Å². The predicted molar refractivity (Wildman–Crippen MR) is 41.7 cm³/mol. The fourth-order valence-electron chi connectivity index (χ4n) is 1.20. The molecule has 0 atom stereocenters. The molecule has 0 heterocycles. The summed E-state index contributed by atoms with van der Waals surface area (Å²) in [6.07, 6.45) is 3.76. The molecule has 1 aliphatic carbocycles. The van der Waals surface area contributed by atoms with Crippen molar-refractivity contribution in [3.63, 3.8) is 0 Å². The number of rotatable bonds is 2. The van der Waals surface area contributed by atoms with Gasteiger partial charge in [0.1, 0.15) is 5.82 Å². The van der Waals surface area contributed by atoms with Crippen molar-refractivity contribution in [2.45, 2.75) is 19.3 Å². The molecule has 0 nitrogen and oxygen atoms in total. The van der Waals surface area contributed by atoms with Crippen LogP contribution >= 0.6 is 0 Å². The van der Waals surface area contributed by atoms with E-state index in [1.54, 1.807) is 0 Å². The Morgan fingerprint density at radius 2 is 2.27 bits per heavy atom. The first-order valence-corrected chi connectivity index (χ1v) is 4.01. The molecule has 0 N–H and O–H groups in total. The lowest BCUT2D eigenvalue weighted by molar-refractivity contribution is 0.626. The smallest absolute Gasteiger partial charge is 0.123 e. The summed E-state index contributed by atoms with van der Waals surface area (Å²) in [7, 11) is 0. The van der Waals surface area contributed by atoms with Gasteiger partial charge >= 0.3 is 0 Å². The highest BCUT2D eigenvalue weighted by atomic mass is 19.1. The van der Waals surface area contributed by atoms with Crippen molar-refractivity contribution in [3.05, 3.63) is 35.6 Å². The highest BCUT2D eigenvalue weighted by Gasteiger charge is 2.21. The molecule has 11 heavy (non-hydrogen) atoms. The first kappa shape index (κ1) is 6.84. The van der Waals surface area contributed by atoms with Crippen LogP contribution in [0.2, 0.25) is 0 Å². The van der Waals surface area contributed by atoms with Crippen molar-refractivity contribution in [3.8, 4) is 0 Å². The first-order chi connectivity index (χ1) is 5.34. The summed E-state index contributed by atoms with van der Waals surface area (Å²) in [6.45, 7) is 0. The second kappa shape index (κ2) is 2.65. The Kier molecular flexibility index (Phi) is 1.65. The monoisotopic (exact) mass is 149 g/mol. The van der Waals surface area contributed by atoms with Crippen molar-refractivity contribution in [2.24, 2.45) is 5.92 Å². The van der Waals surface area contributed by atoms with Crippen molar-refractivity contribution < 1.29 is 4.39 Å². The van der Waals surface area contributed by atoms with Crippen LogP contribution in [0.5, 0.6) is 0 Å². The molecule has 1 aromatic carbocycles. The third-order valence-corrected chi connectivity index (χ3v) is 2.04. The molecule has 1 aliphatic rings. The fraction of sp³-hybridized carbons (Fsp3) is 0.400. The van der Waals surface area contributed by atoms with Crippen LogP contribution in [-0.4, -0.2) is 0 Å². The van der Waals surface area contributed by atoms with Crippen LogP contribution in [-0.2, 0) is 6.42 Å². The molecule has 0 spiro atoms. The zero-order valence-corrected chi connectivity index (χ0v) is 6.31. The molecule has 0 amide bonds. The lowest BCUT2D eigenvalue weighted by Crippen LogP contribution is -1.86. The third-order valence-electron chi connectivity index (χ3n) is 2.04. The zero-order valence-electron chi connectivity index (χ0n) is 6.31. The van der Waals surface area contributed by atoms with E-state index < -0.39 is 0 Å². The van der Waals surface area contributed by atoms with Crippen molar-refractivity contribution in [1.82, 2.24) is 0 Å². The molecule has 1 radical (unpaired) electrons. The largest absolute Gasteiger partial charge is 0.207 e. The molecule has 1 heteroatoms. The topological polar surface area (TPSA) is 0 Å². The van der Waals surface area contributed by atoms with Gasteiger partial charge in [-0.15, -0.1) is 0 Å². The summed E-state index contributed by atoms with van der Waals surface area (Å²) in [4.78, 5) is 0. The Morgan fingerprint density at radius 3 is 2.82 bits per heavy atom. The highest BCUT2D eigenvalue weighted by Crippen LogP contribution is 2.32. The van der Waals surface area contributed by atoms with Gasteiger partial charge in [0.2, 0.25) is 0 Å². The van der Waals surface area contributed by atoms with Crippen LogP contribution in [0.15, 0.2) is 18.2 Å². The average molecular weight is 149 g/mol. The van der Waals surface area contributed by atoms with Gasteiger partial charge in [-0.2, -0.15) is 0 Å². The van der Waals surface area contributed by atoms with E-state index in [-0.39, 0.29) is 5.82 Å². The molecule has 1 saturated carbocycles. The van der Waals surface area contributed by atoms with Crippen molar-refractivity contribution in [2.75, 3.05) is 0 Å². The molecule has 57 valence electrons. The molecular formula is C10H10F. The molecule has 0 aliphatic heterocycles. The lowest BCUT2D eigenvalue weighted by Gasteiger charge is -1.96. The fourth-order valence-corrected chi connectivity index (χ4v) is 1.20. The maximum absolute atomic E-state index is 12.4. The highest BCUT2D eigenvalue weighted by molar-refractivity contribution is 5.15. The molecule has 0 aromatic heterocycles. The van der Waals surface area contributed by atoms with Crippen molar-refractivity contribution >= 4 is 0 Å². The maximum atomic E-state index is 12.4. The molecule has 0 unspecified atom stereocenters. The Morgan fingerprint density at radius 1 is 1.45 bits per heavy atom. The van der Waals surface area contributed by atoms with Crippen LogP contribution in [0.1, 0.15) is 18.4 Å². The molecule has 0 bridgehead atoms. The second-order valence-corrected chi connectivity index (χ2v) is 3.18. The van der Waals surface area contributed by atoms with Gasteiger partial charge in [-0.05, 0) is 48.9 Å². The SMILES string of the molecule is Fc1c[c]c(CC2CC2)cc1. The summed E-state index contributed by atoms with van der Waals surface area (Å²) in [5, 5.41) is 0. The van der Waals surface area contributed by atoms with Gasteiger partial charge in [0.05, 0.1) is 0 Å². The van der Waals surface area contributed by atoms with E-state index in [0.717, 1.165) is 17.9 Å². The molecule has 1 aromatic rings. The second-order valence-electron chi connectivity index (χ2n) is 3.18.